The Morgan fingerprint density at radius 2 is 1.88 bits per heavy atom. The van der Waals surface area contributed by atoms with E-state index in [0.717, 1.165) is 23.6 Å². The van der Waals surface area contributed by atoms with Crippen molar-refractivity contribution in [1.29, 1.82) is 0 Å². The van der Waals surface area contributed by atoms with Gasteiger partial charge < -0.3 is 11.1 Å². The summed E-state index contributed by atoms with van der Waals surface area (Å²) in [6.07, 6.45) is -1.86. The standard InChI is InChI=1S/C17H21F3N4O.ClH/c1-3-16(21,4-2)11-22-15(25)12-6-5-7-13(10-12)24-9-8-14(23-24)17(18,19)20;/h5-10H,3-4,11,21H2,1-2H3,(H,22,25);1H. The fourth-order valence-electron chi connectivity index (χ4n) is 2.27. The molecule has 5 nitrogen and oxygen atoms in total. The van der Waals surface area contributed by atoms with E-state index in [4.69, 9.17) is 5.73 Å². The molecule has 2 rings (SSSR count). The summed E-state index contributed by atoms with van der Waals surface area (Å²) in [5, 5.41) is 6.28. The Morgan fingerprint density at radius 3 is 2.42 bits per heavy atom. The SMILES string of the molecule is CCC(N)(CC)CNC(=O)c1cccc(-n2ccc(C(F)(F)F)n2)c1.Cl. The number of nitrogens with two attached hydrogens (primary N) is 1. The molecule has 0 bridgehead atoms. The Bertz CT molecular complexity index is 742. The van der Waals surface area contributed by atoms with Gasteiger partial charge in [0, 0.05) is 23.8 Å². The van der Waals surface area contributed by atoms with E-state index < -0.39 is 17.4 Å². The fraction of sp³-hybridized carbons (Fsp3) is 0.412. The second-order valence-electron chi connectivity index (χ2n) is 5.95. The first-order chi connectivity index (χ1) is 11.7. The third-order valence-corrected chi connectivity index (χ3v) is 4.26. The molecular formula is C17H22ClF3N4O. The number of alkyl halides is 3. The van der Waals surface area contributed by atoms with Gasteiger partial charge in [-0.1, -0.05) is 19.9 Å². The molecule has 0 unspecified atom stereocenters. The molecule has 1 aromatic heterocycles. The summed E-state index contributed by atoms with van der Waals surface area (Å²) in [5.74, 6) is -0.332. The lowest BCUT2D eigenvalue weighted by molar-refractivity contribution is -0.141. The number of hydrogen-bond donors (Lipinski definition) is 2. The van der Waals surface area contributed by atoms with Crippen molar-refractivity contribution >= 4 is 18.3 Å². The summed E-state index contributed by atoms with van der Waals surface area (Å²) in [6, 6.07) is 7.13. The number of rotatable bonds is 6. The Kier molecular flexibility index (Phi) is 7.23. The number of benzene rings is 1. The first kappa shape index (κ1) is 22.0. The van der Waals surface area contributed by atoms with Gasteiger partial charge >= 0.3 is 6.18 Å². The van der Waals surface area contributed by atoms with Gasteiger partial charge in [0.05, 0.1) is 5.69 Å². The lowest BCUT2D eigenvalue weighted by Crippen LogP contribution is -2.49. The number of halogens is 4. The highest BCUT2D eigenvalue weighted by Gasteiger charge is 2.33. The fourth-order valence-corrected chi connectivity index (χ4v) is 2.27. The molecule has 0 radical (unpaired) electrons. The van der Waals surface area contributed by atoms with E-state index in [2.05, 4.69) is 10.4 Å². The summed E-state index contributed by atoms with van der Waals surface area (Å²) in [5.41, 5.74) is 5.39. The minimum Gasteiger partial charge on any atom is -0.350 e. The number of aromatic nitrogens is 2. The molecule has 26 heavy (non-hydrogen) atoms. The highest BCUT2D eigenvalue weighted by atomic mass is 35.5. The molecule has 2 aromatic rings. The molecule has 0 aliphatic rings. The second-order valence-corrected chi connectivity index (χ2v) is 5.95. The number of nitrogens with one attached hydrogen (secondary N) is 1. The highest BCUT2D eigenvalue weighted by molar-refractivity contribution is 5.94. The molecule has 0 aliphatic carbocycles. The van der Waals surface area contributed by atoms with Crippen molar-refractivity contribution in [2.75, 3.05) is 6.54 Å². The summed E-state index contributed by atoms with van der Waals surface area (Å²) in [4.78, 5) is 12.3. The van der Waals surface area contributed by atoms with E-state index in [9.17, 15) is 18.0 Å². The van der Waals surface area contributed by atoms with Crippen molar-refractivity contribution in [3.8, 4) is 5.69 Å². The van der Waals surface area contributed by atoms with E-state index in [1.807, 2.05) is 13.8 Å². The van der Waals surface area contributed by atoms with Crippen molar-refractivity contribution in [1.82, 2.24) is 15.1 Å². The molecule has 0 saturated carbocycles. The summed E-state index contributed by atoms with van der Waals surface area (Å²) < 4.78 is 39.0. The molecule has 0 spiro atoms. The first-order valence-corrected chi connectivity index (χ1v) is 7.99. The predicted molar refractivity (Wildman–Crippen MR) is 95.6 cm³/mol. The summed E-state index contributed by atoms with van der Waals surface area (Å²) in [6.45, 7) is 4.22. The lowest BCUT2D eigenvalue weighted by atomic mass is 9.94. The maximum atomic E-state index is 12.7. The Hall–Kier alpha value is -2.06. The van der Waals surface area contributed by atoms with Crippen molar-refractivity contribution in [3.05, 3.63) is 47.8 Å². The van der Waals surface area contributed by atoms with E-state index in [-0.39, 0.29) is 18.3 Å². The Morgan fingerprint density at radius 1 is 1.23 bits per heavy atom. The molecule has 9 heteroatoms. The second kappa shape index (κ2) is 8.55. The van der Waals surface area contributed by atoms with Crippen LogP contribution in [0.4, 0.5) is 13.2 Å². The summed E-state index contributed by atoms with van der Waals surface area (Å²) in [7, 11) is 0. The van der Waals surface area contributed by atoms with Gasteiger partial charge in [0.25, 0.3) is 5.91 Å². The molecule has 1 heterocycles. The first-order valence-electron chi connectivity index (χ1n) is 7.99. The van der Waals surface area contributed by atoms with Crippen molar-refractivity contribution in [3.63, 3.8) is 0 Å². The minimum atomic E-state index is -4.51. The van der Waals surface area contributed by atoms with Crippen LogP contribution in [0.2, 0.25) is 0 Å². The van der Waals surface area contributed by atoms with Crippen LogP contribution in [0.5, 0.6) is 0 Å². The van der Waals surface area contributed by atoms with E-state index in [0.29, 0.717) is 17.8 Å². The third-order valence-electron chi connectivity index (χ3n) is 4.26. The smallest absolute Gasteiger partial charge is 0.350 e. The molecule has 1 aromatic carbocycles. The molecule has 0 saturated heterocycles. The molecular weight excluding hydrogens is 369 g/mol. The zero-order valence-electron chi connectivity index (χ0n) is 14.5. The molecule has 1 amide bonds. The van der Waals surface area contributed by atoms with Crippen LogP contribution < -0.4 is 11.1 Å². The highest BCUT2D eigenvalue weighted by Crippen LogP contribution is 2.27. The Balaban J connectivity index is 0.00000338. The predicted octanol–water partition coefficient (Wildman–Crippen LogP) is 3.56. The maximum Gasteiger partial charge on any atom is 0.435 e. The van der Waals surface area contributed by atoms with Crippen LogP contribution in [-0.2, 0) is 6.18 Å². The molecule has 0 fully saturated rings. The molecule has 144 valence electrons. The number of carbonyl (C=O) groups is 1. The van der Waals surface area contributed by atoms with Gasteiger partial charge in [-0.15, -0.1) is 12.4 Å². The minimum absolute atomic E-state index is 0. The number of amides is 1. The quantitative estimate of drug-likeness (QED) is 0.792. The van der Waals surface area contributed by atoms with E-state index >= 15 is 0 Å². The van der Waals surface area contributed by atoms with Crippen LogP contribution >= 0.6 is 12.4 Å². The normalized spacial score (nSPS) is 11.8. The van der Waals surface area contributed by atoms with Crippen LogP contribution in [-0.4, -0.2) is 27.8 Å². The number of carbonyl (C=O) groups excluding carboxylic acids is 1. The van der Waals surface area contributed by atoms with Gasteiger partial charge in [-0.05, 0) is 37.1 Å². The Labute approximate surface area is 156 Å². The van der Waals surface area contributed by atoms with Crippen LogP contribution in [0, 0.1) is 0 Å². The van der Waals surface area contributed by atoms with Crippen LogP contribution in [0.15, 0.2) is 36.5 Å². The zero-order chi connectivity index (χ0) is 18.7. The monoisotopic (exact) mass is 390 g/mol. The third kappa shape index (κ3) is 5.22. The van der Waals surface area contributed by atoms with Crippen molar-refractivity contribution in [2.24, 2.45) is 5.73 Å². The van der Waals surface area contributed by atoms with Gasteiger partial charge in [0.2, 0.25) is 0 Å². The lowest BCUT2D eigenvalue weighted by Gasteiger charge is -2.26. The van der Waals surface area contributed by atoms with E-state index in [1.54, 1.807) is 18.2 Å². The molecule has 0 aliphatic heterocycles. The van der Waals surface area contributed by atoms with Crippen LogP contribution in [0.1, 0.15) is 42.7 Å². The van der Waals surface area contributed by atoms with Gasteiger partial charge in [-0.2, -0.15) is 18.3 Å². The summed E-state index contributed by atoms with van der Waals surface area (Å²) >= 11 is 0. The average molecular weight is 391 g/mol. The van der Waals surface area contributed by atoms with Crippen LogP contribution in [0.3, 0.4) is 0 Å². The van der Waals surface area contributed by atoms with Crippen LogP contribution in [0.25, 0.3) is 5.69 Å². The zero-order valence-corrected chi connectivity index (χ0v) is 15.3. The van der Waals surface area contributed by atoms with Gasteiger partial charge in [-0.25, -0.2) is 4.68 Å². The van der Waals surface area contributed by atoms with Gasteiger partial charge in [-0.3, -0.25) is 4.79 Å². The number of nitrogens with zero attached hydrogens (tertiary/aromatic N) is 2. The van der Waals surface area contributed by atoms with Gasteiger partial charge in [0.1, 0.15) is 0 Å². The number of hydrogen-bond acceptors (Lipinski definition) is 3. The topological polar surface area (TPSA) is 72.9 Å². The molecule has 3 N–H and O–H groups in total. The largest absolute Gasteiger partial charge is 0.435 e. The van der Waals surface area contributed by atoms with Crippen molar-refractivity contribution < 1.29 is 18.0 Å². The van der Waals surface area contributed by atoms with E-state index in [1.165, 1.54) is 12.3 Å². The average Bonchev–Trinajstić information content (AvgIpc) is 3.10. The maximum absolute atomic E-state index is 12.7. The van der Waals surface area contributed by atoms with Gasteiger partial charge in [0.15, 0.2) is 5.69 Å². The van der Waals surface area contributed by atoms with Crippen molar-refractivity contribution in [2.45, 2.75) is 38.4 Å². The molecule has 0 atom stereocenters.